The standard InChI is InChI=1S/C59H38N2S/c1-4-16-41(17-5-1)58-60-53(38-54(61-58)44-19-14-18-42(36-44)43-34-35-56-50(37-43)48-24-11-13-29-55(48)62-56)40-32-30-39(31-33-40)47-26-15-28-52-57(47)49-25-10-12-27-51(49)59(52,45-20-6-2-7-21-45)46-22-8-3-9-23-46/h1-38H. The van der Waals surface area contributed by atoms with Gasteiger partial charge >= 0.3 is 0 Å². The zero-order chi connectivity index (χ0) is 41.0. The fourth-order valence-corrected chi connectivity index (χ4v) is 10.9. The van der Waals surface area contributed by atoms with Crippen LogP contribution in [-0.4, -0.2) is 9.97 Å². The van der Waals surface area contributed by atoms with Crippen LogP contribution in [-0.2, 0) is 5.41 Å². The number of hydrogen-bond acceptors (Lipinski definition) is 3. The van der Waals surface area contributed by atoms with Crippen molar-refractivity contribution >= 4 is 31.5 Å². The second kappa shape index (κ2) is 14.8. The highest BCUT2D eigenvalue weighted by Gasteiger charge is 2.46. The molecule has 3 heteroatoms. The van der Waals surface area contributed by atoms with Gasteiger partial charge in [-0.1, -0.05) is 200 Å². The number of benzene rings is 9. The zero-order valence-electron chi connectivity index (χ0n) is 33.7. The van der Waals surface area contributed by atoms with Gasteiger partial charge in [-0.2, -0.15) is 0 Å². The van der Waals surface area contributed by atoms with Crippen molar-refractivity contribution in [2.24, 2.45) is 0 Å². The van der Waals surface area contributed by atoms with E-state index in [2.05, 4.69) is 212 Å². The van der Waals surface area contributed by atoms with Crippen molar-refractivity contribution in [1.29, 1.82) is 0 Å². The highest BCUT2D eigenvalue weighted by molar-refractivity contribution is 7.25. The smallest absolute Gasteiger partial charge is 0.160 e. The molecule has 1 aliphatic rings. The lowest BCUT2D eigenvalue weighted by atomic mass is 9.67. The average Bonchev–Trinajstić information content (AvgIpc) is 3.88. The van der Waals surface area contributed by atoms with Gasteiger partial charge in [-0.05, 0) is 86.0 Å². The summed E-state index contributed by atoms with van der Waals surface area (Å²) in [7, 11) is 0. The summed E-state index contributed by atoms with van der Waals surface area (Å²) in [5.41, 5.74) is 16.8. The molecule has 11 aromatic rings. The maximum absolute atomic E-state index is 5.20. The number of nitrogens with zero attached hydrogens (tertiary/aromatic N) is 2. The highest BCUT2D eigenvalue weighted by Crippen LogP contribution is 2.58. The number of rotatable bonds is 7. The van der Waals surface area contributed by atoms with Gasteiger partial charge in [0.1, 0.15) is 0 Å². The van der Waals surface area contributed by atoms with Crippen molar-refractivity contribution in [2.45, 2.75) is 5.41 Å². The van der Waals surface area contributed by atoms with Gasteiger partial charge in [0, 0.05) is 36.9 Å². The normalized spacial score (nSPS) is 12.6. The van der Waals surface area contributed by atoms with Gasteiger partial charge in [-0.3, -0.25) is 0 Å². The molecule has 0 aliphatic heterocycles. The summed E-state index contributed by atoms with van der Waals surface area (Å²) in [6, 6.07) is 83.4. The molecule has 0 saturated carbocycles. The SMILES string of the molecule is c1ccc(-c2nc(-c3ccc(-c4cccc5c4-c4ccccc4C5(c4ccccc4)c4ccccc4)cc3)cc(-c3cccc(-c4ccc5sc6ccccc6c5c4)c3)n2)cc1. The predicted octanol–water partition coefficient (Wildman–Crippen LogP) is 15.5. The first-order valence-corrected chi connectivity index (χ1v) is 22.0. The van der Waals surface area contributed by atoms with Crippen LogP contribution in [0.1, 0.15) is 22.3 Å². The Bertz CT molecular complexity index is 3400. The van der Waals surface area contributed by atoms with Gasteiger partial charge in [0.2, 0.25) is 0 Å². The third kappa shape index (κ3) is 5.85. The molecule has 1 aliphatic carbocycles. The minimum atomic E-state index is -0.446. The number of aromatic nitrogens is 2. The Balaban J connectivity index is 0.964. The lowest BCUT2D eigenvalue weighted by Gasteiger charge is -2.34. The Hall–Kier alpha value is -7.72. The van der Waals surface area contributed by atoms with Gasteiger partial charge in [0.05, 0.1) is 16.8 Å². The van der Waals surface area contributed by atoms with Crippen molar-refractivity contribution in [2.75, 3.05) is 0 Å². The minimum Gasteiger partial charge on any atom is -0.228 e. The van der Waals surface area contributed by atoms with Crippen LogP contribution < -0.4 is 0 Å². The number of fused-ring (bicyclic) bond motifs is 6. The van der Waals surface area contributed by atoms with Crippen LogP contribution in [0.15, 0.2) is 231 Å². The van der Waals surface area contributed by atoms with Crippen LogP contribution in [0.2, 0.25) is 0 Å². The van der Waals surface area contributed by atoms with E-state index in [0.29, 0.717) is 5.82 Å². The third-order valence-electron chi connectivity index (χ3n) is 12.6. The van der Waals surface area contributed by atoms with E-state index in [1.807, 2.05) is 29.5 Å². The van der Waals surface area contributed by atoms with Crippen LogP contribution in [0.4, 0.5) is 0 Å². The van der Waals surface area contributed by atoms with E-state index in [1.54, 1.807) is 0 Å². The first-order chi connectivity index (χ1) is 30.7. The maximum atomic E-state index is 5.20. The molecule has 290 valence electrons. The van der Waals surface area contributed by atoms with Crippen molar-refractivity contribution in [3.8, 4) is 67.3 Å². The summed E-state index contributed by atoms with van der Waals surface area (Å²) < 4.78 is 2.62. The van der Waals surface area contributed by atoms with E-state index in [0.717, 1.165) is 39.2 Å². The lowest BCUT2D eigenvalue weighted by molar-refractivity contribution is 0.768. The summed E-state index contributed by atoms with van der Waals surface area (Å²) in [5.74, 6) is 0.703. The molecule has 0 N–H and O–H groups in total. The molecule has 62 heavy (non-hydrogen) atoms. The quantitative estimate of drug-likeness (QED) is 0.160. The average molecular weight is 807 g/mol. The Morgan fingerprint density at radius 1 is 0.323 bits per heavy atom. The molecule has 9 aromatic carbocycles. The molecule has 2 heterocycles. The molecule has 2 nitrogen and oxygen atoms in total. The Kier molecular flexibility index (Phi) is 8.62. The van der Waals surface area contributed by atoms with E-state index in [9.17, 15) is 0 Å². The van der Waals surface area contributed by atoms with Gasteiger partial charge in [-0.25, -0.2) is 9.97 Å². The van der Waals surface area contributed by atoms with Crippen LogP contribution in [0.25, 0.3) is 87.5 Å². The van der Waals surface area contributed by atoms with E-state index >= 15 is 0 Å². The molecule has 12 rings (SSSR count). The molecule has 2 aromatic heterocycles. The van der Waals surface area contributed by atoms with Gasteiger partial charge < -0.3 is 0 Å². The predicted molar refractivity (Wildman–Crippen MR) is 259 cm³/mol. The molecule has 0 fully saturated rings. The van der Waals surface area contributed by atoms with Gasteiger partial charge in [0.15, 0.2) is 5.82 Å². The summed E-state index contributed by atoms with van der Waals surface area (Å²) >= 11 is 1.85. The second-order valence-electron chi connectivity index (χ2n) is 16.1. The molecule has 0 spiro atoms. The summed E-state index contributed by atoms with van der Waals surface area (Å²) in [6.45, 7) is 0. The topological polar surface area (TPSA) is 25.8 Å². The van der Waals surface area contributed by atoms with Crippen LogP contribution in [0.5, 0.6) is 0 Å². The van der Waals surface area contributed by atoms with E-state index < -0.39 is 5.41 Å². The first kappa shape index (κ1) is 36.2. The lowest BCUT2D eigenvalue weighted by Crippen LogP contribution is -2.28. The van der Waals surface area contributed by atoms with Crippen LogP contribution in [0.3, 0.4) is 0 Å². The van der Waals surface area contributed by atoms with E-state index in [1.165, 1.54) is 64.7 Å². The van der Waals surface area contributed by atoms with E-state index in [-0.39, 0.29) is 0 Å². The fourth-order valence-electron chi connectivity index (χ4n) is 9.78. The molecule has 0 atom stereocenters. The van der Waals surface area contributed by atoms with Gasteiger partial charge in [-0.15, -0.1) is 11.3 Å². The summed E-state index contributed by atoms with van der Waals surface area (Å²) in [4.78, 5) is 10.4. The van der Waals surface area contributed by atoms with Crippen LogP contribution >= 0.6 is 11.3 Å². The molecule has 0 saturated heterocycles. The zero-order valence-corrected chi connectivity index (χ0v) is 34.6. The Morgan fingerprint density at radius 3 is 1.63 bits per heavy atom. The molecular weight excluding hydrogens is 769 g/mol. The summed E-state index contributed by atoms with van der Waals surface area (Å²) in [5, 5.41) is 2.60. The Morgan fingerprint density at radius 2 is 0.855 bits per heavy atom. The number of hydrogen-bond donors (Lipinski definition) is 0. The van der Waals surface area contributed by atoms with Gasteiger partial charge in [0.25, 0.3) is 0 Å². The monoisotopic (exact) mass is 806 g/mol. The van der Waals surface area contributed by atoms with Crippen molar-refractivity contribution in [3.63, 3.8) is 0 Å². The van der Waals surface area contributed by atoms with E-state index in [4.69, 9.17) is 9.97 Å². The maximum Gasteiger partial charge on any atom is 0.160 e. The number of thiophene rings is 1. The molecule has 0 unspecified atom stereocenters. The first-order valence-electron chi connectivity index (χ1n) is 21.1. The van der Waals surface area contributed by atoms with Crippen molar-refractivity contribution in [1.82, 2.24) is 9.97 Å². The molecule has 0 bridgehead atoms. The summed E-state index contributed by atoms with van der Waals surface area (Å²) in [6.07, 6.45) is 0. The Labute approximate surface area is 365 Å². The molecule has 0 radical (unpaired) electrons. The molecular formula is C59H38N2S. The molecule has 0 amide bonds. The largest absolute Gasteiger partial charge is 0.228 e. The minimum absolute atomic E-state index is 0.446. The van der Waals surface area contributed by atoms with Crippen molar-refractivity contribution in [3.05, 3.63) is 253 Å². The van der Waals surface area contributed by atoms with Crippen LogP contribution in [0, 0.1) is 0 Å². The highest BCUT2D eigenvalue weighted by atomic mass is 32.1. The third-order valence-corrected chi connectivity index (χ3v) is 13.8. The fraction of sp³-hybridized carbons (Fsp3) is 0.0169. The second-order valence-corrected chi connectivity index (χ2v) is 17.1. The van der Waals surface area contributed by atoms with Crippen molar-refractivity contribution < 1.29 is 0 Å².